The predicted molar refractivity (Wildman–Crippen MR) is 93.5 cm³/mol. The number of halogens is 7. The Morgan fingerprint density at radius 3 is 1.90 bits per heavy atom. The Balaban J connectivity index is 1.85. The normalized spacial score (nSPS) is 17.1. The number of benzene rings is 2. The molecule has 0 saturated heterocycles. The average Bonchev–Trinajstić information content (AvgIpc) is 2.65. The van der Waals surface area contributed by atoms with Crippen molar-refractivity contribution in [3.8, 4) is 5.75 Å². The molecule has 0 spiro atoms. The van der Waals surface area contributed by atoms with Gasteiger partial charge in [0, 0.05) is 12.1 Å². The molecule has 0 unspecified atom stereocenters. The average molecular weight is 434 g/mol. The molecule has 0 bridgehead atoms. The lowest BCUT2D eigenvalue weighted by molar-refractivity contribution is -0.189. The van der Waals surface area contributed by atoms with Gasteiger partial charge in [-0.25, -0.2) is 22.0 Å². The summed E-state index contributed by atoms with van der Waals surface area (Å²) >= 11 is 0. The van der Waals surface area contributed by atoms with Gasteiger partial charge in [0.2, 0.25) is 0 Å². The van der Waals surface area contributed by atoms with Crippen molar-refractivity contribution >= 4 is 0 Å². The molecular formula is C21H17F7O2. The molecule has 1 aliphatic carbocycles. The molecule has 0 atom stereocenters. The third-order valence-electron chi connectivity index (χ3n) is 4.94. The molecule has 162 valence electrons. The first-order chi connectivity index (χ1) is 14.1. The highest BCUT2D eigenvalue weighted by Gasteiger charge is 2.42. The monoisotopic (exact) mass is 434 g/mol. The van der Waals surface area contributed by atoms with Crippen LogP contribution < -0.4 is 4.74 Å². The molecular weight excluding hydrogens is 417 g/mol. The maximum absolute atomic E-state index is 14.4. The molecule has 1 aliphatic rings. The van der Waals surface area contributed by atoms with Gasteiger partial charge in [-0.1, -0.05) is 0 Å². The standard InChI is InChI=1S/C21H17F7O2/c1-29-10-11-2-4-12(5-3-11)13-6-15(22)19(16(23)7-13)21(27,28)30-14-8-17(24)20(26)18(25)9-14/h6-10,12H,2-5H2,1H3. The molecule has 1 fully saturated rings. The van der Waals surface area contributed by atoms with Crippen molar-refractivity contribution in [2.24, 2.45) is 0 Å². The highest BCUT2D eigenvalue weighted by atomic mass is 19.3. The summed E-state index contributed by atoms with van der Waals surface area (Å²) in [7, 11) is 1.51. The molecule has 30 heavy (non-hydrogen) atoms. The first-order valence-electron chi connectivity index (χ1n) is 9.04. The molecule has 3 rings (SSSR count). The Morgan fingerprint density at radius 1 is 0.867 bits per heavy atom. The number of ether oxygens (including phenoxy) is 2. The fourth-order valence-corrected chi connectivity index (χ4v) is 3.50. The molecule has 2 nitrogen and oxygen atoms in total. The van der Waals surface area contributed by atoms with Crippen LogP contribution in [0.2, 0.25) is 0 Å². The summed E-state index contributed by atoms with van der Waals surface area (Å²) in [5.41, 5.74) is -0.433. The van der Waals surface area contributed by atoms with E-state index in [0.29, 0.717) is 25.7 Å². The molecule has 0 amide bonds. The van der Waals surface area contributed by atoms with E-state index >= 15 is 0 Å². The zero-order valence-corrected chi connectivity index (χ0v) is 15.8. The Kier molecular flexibility index (Phi) is 6.28. The Bertz CT molecular complexity index is 916. The van der Waals surface area contributed by atoms with Gasteiger partial charge in [0.25, 0.3) is 0 Å². The highest BCUT2D eigenvalue weighted by Crippen LogP contribution is 2.40. The number of alkyl halides is 2. The van der Waals surface area contributed by atoms with E-state index in [9.17, 15) is 30.7 Å². The molecule has 0 aromatic heterocycles. The predicted octanol–water partition coefficient (Wildman–Crippen LogP) is 6.70. The van der Waals surface area contributed by atoms with Gasteiger partial charge in [0.1, 0.15) is 22.9 Å². The maximum atomic E-state index is 14.4. The van der Waals surface area contributed by atoms with Gasteiger partial charge in [-0.3, -0.25) is 0 Å². The molecule has 0 aliphatic heterocycles. The van der Waals surface area contributed by atoms with E-state index in [1.165, 1.54) is 7.11 Å². The number of allylic oxidation sites excluding steroid dienone is 1. The van der Waals surface area contributed by atoms with Gasteiger partial charge in [-0.05, 0) is 54.9 Å². The van der Waals surface area contributed by atoms with E-state index in [1.54, 1.807) is 6.26 Å². The smallest absolute Gasteiger partial charge is 0.432 e. The summed E-state index contributed by atoms with van der Waals surface area (Å²) in [6.45, 7) is 0. The van der Waals surface area contributed by atoms with E-state index in [-0.39, 0.29) is 23.6 Å². The second-order valence-electron chi connectivity index (χ2n) is 6.97. The van der Waals surface area contributed by atoms with Crippen molar-refractivity contribution in [3.63, 3.8) is 0 Å². The van der Waals surface area contributed by atoms with Crippen LogP contribution in [0.1, 0.15) is 42.7 Å². The van der Waals surface area contributed by atoms with E-state index in [4.69, 9.17) is 4.74 Å². The van der Waals surface area contributed by atoms with E-state index in [0.717, 1.165) is 17.7 Å². The van der Waals surface area contributed by atoms with Crippen molar-refractivity contribution < 1.29 is 40.2 Å². The zero-order valence-electron chi connectivity index (χ0n) is 15.8. The van der Waals surface area contributed by atoms with Crippen molar-refractivity contribution in [2.45, 2.75) is 37.7 Å². The molecule has 1 saturated carbocycles. The van der Waals surface area contributed by atoms with Crippen LogP contribution in [-0.4, -0.2) is 7.11 Å². The Labute approximate surface area is 167 Å². The maximum Gasteiger partial charge on any atom is 0.432 e. The van der Waals surface area contributed by atoms with Crippen LogP contribution in [0, 0.1) is 29.1 Å². The number of hydrogen-bond donors (Lipinski definition) is 0. The fourth-order valence-electron chi connectivity index (χ4n) is 3.50. The third-order valence-corrected chi connectivity index (χ3v) is 4.94. The van der Waals surface area contributed by atoms with Crippen LogP contribution in [0.15, 0.2) is 36.1 Å². The van der Waals surface area contributed by atoms with E-state index in [1.807, 2.05) is 0 Å². The van der Waals surface area contributed by atoms with Crippen molar-refractivity contribution in [2.75, 3.05) is 7.11 Å². The Morgan fingerprint density at radius 2 is 1.40 bits per heavy atom. The second kappa shape index (κ2) is 8.57. The summed E-state index contributed by atoms with van der Waals surface area (Å²) in [6.07, 6.45) is -0.568. The van der Waals surface area contributed by atoms with Crippen LogP contribution in [0.3, 0.4) is 0 Å². The lowest BCUT2D eigenvalue weighted by Crippen LogP contribution is -2.26. The zero-order chi connectivity index (χ0) is 22.1. The fraction of sp³-hybridized carbons (Fsp3) is 0.333. The first kappa shape index (κ1) is 22.0. The quantitative estimate of drug-likeness (QED) is 0.296. The molecule has 2 aromatic rings. The van der Waals surface area contributed by atoms with Crippen LogP contribution in [0.25, 0.3) is 0 Å². The lowest BCUT2D eigenvalue weighted by Gasteiger charge is -2.25. The number of rotatable bonds is 5. The molecule has 2 aromatic carbocycles. The topological polar surface area (TPSA) is 18.5 Å². The van der Waals surface area contributed by atoms with Gasteiger partial charge >= 0.3 is 6.11 Å². The third kappa shape index (κ3) is 4.55. The summed E-state index contributed by atoms with van der Waals surface area (Å²) in [4.78, 5) is 0. The van der Waals surface area contributed by atoms with E-state index < -0.39 is 46.5 Å². The molecule has 9 heteroatoms. The van der Waals surface area contributed by atoms with Crippen molar-refractivity contribution in [3.05, 3.63) is 76.3 Å². The van der Waals surface area contributed by atoms with E-state index in [2.05, 4.69) is 4.74 Å². The SMILES string of the molecule is COC=C1CCC(c2cc(F)c(C(F)(F)Oc3cc(F)c(F)c(F)c3)c(F)c2)CC1. The van der Waals surface area contributed by atoms with Crippen molar-refractivity contribution in [1.82, 2.24) is 0 Å². The molecule has 0 heterocycles. The molecule has 0 N–H and O–H groups in total. The highest BCUT2D eigenvalue weighted by molar-refractivity contribution is 5.33. The second-order valence-corrected chi connectivity index (χ2v) is 6.97. The van der Waals surface area contributed by atoms with Crippen molar-refractivity contribution in [1.29, 1.82) is 0 Å². The van der Waals surface area contributed by atoms with Gasteiger partial charge in [0.05, 0.1) is 13.4 Å². The minimum atomic E-state index is -4.59. The summed E-state index contributed by atoms with van der Waals surface area (Å²) in [5, 5.41) is 0. The van der Waals surface area contributed by atoms with Gasteiger partial charge < -0.3 is 9.47 Å². The van der Waals surface area contributed by atoms with Crippen LogP contribution >= 0.6 is 0 Å². The lowest BCUT2D eigenvalue weighted by atomic mass is 9.81. The molecule has 0 radical (unpaired) electrons. The first-order valence-corrected chi connectivity index (χ1v) is 9.04. The Hall–Kier alpha value is -2.71. The summed E-state index contributed by atoms with van der Waals surface area (Å²) in [5.74, 6) is -9.92. The minimum absolute atomic E-state index is 0.156. The van der Waals surface area contributed by atoms with Gasteiger partial charge in [0.15, 0.2) is 17.5 Å². The largest absolute Gasteiger partial charge is 0.504 e. The summed E-state index contributed by atoms with van der Waals surface area (Å²) in [6, 6.07) is 1.92. The van der Waals surface area contributed by atoms with Crippen LogP contribution in [0.4, 0.5) is 30.7 Å². The summed E-state index contributed by atoms with van der Waals surface area (Å²) < 4.78 is 106. The van der Waals surface area contributed by atoms with Gasteiger partial charge in [-0.15, -0.1) is 0 Å². The van der Waals surface area contributed by atoms with Crippen LogP contribution in [0.5, 0.6) is 5.75 Å². The number of hydrogen-bond acceptors (Lipinski definition) is 2. The van der Waals surface area contributed by atoms with Gasteiger partial charge in [-0.2, -0.15) is 8.78 Å². The minimum Gasteiger partial charge on any atom is -0.504 e. The number of methoxy groups -OCH3 is 1. The van der Waals surface area contributed by atoms with Crippen LogP contribution in [-0.2, 0) is 10.8 Å².